The van der Waals surface area contributed by atoms with Gasteiger partial charge in [-0.1, -0.05) is 0 Å². The van der Waals surface area contributed by atoms with E-state index in [4.69, 9.17) is 4.74 Å². The first kappa shape index (κ1) is 14.4. The molecule has 7 nitrogen and oxygen atoms in total. The van der Waals surface area contributed by atoms with Gasteiger partial charge in [0.2, 0.25) is 5.91 Å². The second-order valence-corrected chi connectivity index (χ2v) is 4.08. The molecule has 0 radical (unpaired) electrons. The highest BCUT2D eigenvalue weighted by molar-refractivity contribution is 6.35. The summed E-state index contributed by atoms with van der Waals surface area (Å²) in [6.07, 6.45) is 1.91. The SMILES string of the molecule is CC(=O)NCCNC(=O)C(=O)NCC1CCCO1. The largest absolute Gasteiger partial charge is 0.376 e. The summed E-state index contributed by atoms with van der Waals surface area (Å²) in [6.45, 7) is 2.99. The lowest BCUT2D eigenvalue weighted by Gasteiger charge is -2.10. The fourth-order valence-electron chi connectivity index (χ4n) is 1.59. The topological polar surface area (TPSA) is 96.5 Å². The van der Waals surface area contributed by atoms with Crippen LogP contribution in [0.3, 0.4) is 0 Å². The van der Waals surface area contributed by atoms with Gasteiger partial charge in [-0.05, 0) is 12.8 Å². The zero-order valence-corrected chi connectivity index (χ0v) is 10.5. The number of hydrogen-bond donors (Lipinski definition) is 3. The Hall–Kier alpha value is -1.63. The van der Waals surface area contributed by atoms with E-state index in [1.807, 2.05) is 0 Å². The summed E-state index contributed by atoms with van der Waals surface area (Å²) in [7, 11) is 0. The molecule has 0 aromatic carbocycles. The first-order valence-electron chi connectivity index (χ1n) is 6.01. The van der Waals surface area contributed by atoms with Crippen molar-refractivity contribution in [1.82, 2.24) is 16.0 Å². The highest BCUT2D eigenvalue weighted by Gasteiger charge is 2.18. The molecular weight excluding hydrogens is 238 g/mol. The Morgan fingerprint density at radius 2 is 1.78 bits per heavy atom. The average molecular weight is 257 g/mol. The van der Waals surface area contributed by atoms with Crippen LogP contribution in [0.1, 0.15) is 19.8 Å². The van der Waals surface area contributed by atoms with Crippen molar-refractivity contribution < 1.29 is 19.1 Å². The van der Waals surface area contributed by atoms with E-state index in [1.165, 1.54) is 6.92 Å². The van der Waals surface area contributed by atoms with Crippen molar-refractivity contribution >= 4 is 17.7 Å². The van der Waals surface area contributed by atoms with E-state index in [1.54, 1.807) is 0 Å². The molecule has 1 heterocycles. The standard InChI is InChI=1S/C11H19N3O4/c1-8(15)12-4-5-13-10(16)11(17)14-7-9-3-2-6-18-9/h9H,2-7H2,1H3,(H,12,15)(H,13,16)(H,14,17). The van der Waals surface area contributed by atoms with Crippen LogP contribution in [0.5, 0.6) is 0 Å². The third kappa shape index (κ3) is 5.62. The molecule has 0 saturated carbocycles. The minimum atomic E-state index is -0.696. The molecule has 3 amide bonds. The molecule has 1 rings (SSSR count). The van der Waals surface area contributed by atoms with Gasteiger partial charge in [0.25, 0.3) is 0 Å². The molecule has 1 aliphatic rings. The van der Waals surface area contributed by atoms with Gasteiger partial charge >= 0.3 is 11.8 Å². The van der Waals surface area contributed by atoms with Crippen LogP contribution in [-0.4, -0.2) is 50.1 Å². The third-order valence-electron chi connectivity index (χ3n) is 2.51. The van der Waals surface area contributed by atoms with Crippen molar-refractivity contribution in [2.24, 2.45) is 0 Å². The Labute approximate surface area is 106 Å². The third-order valence-corrected chi connectivity index (χ3v) is 2.51. The molecule has 1 aliphatic heterocycles. The summed E-state index contributed by atoms with van der Waals surface area (Å²) in [5, 5.41) is 7.43. The molecule has 0 bridgehead atoms. The quantitative estimate of drug-likeness (QED) is 0.414. The lowest BCUT2D eigenvalue weighted by Crippen LogP contribution is -2.44. The van der Waals surface area contributed by atoms with E-state index in [0.29, 0.717) is 19.7 Å². The van der Waals surface area contributed by atoms with Gasteiger partial charge in [-0.3, -0.25) is 14.4 Å². The summed E-state index contributed by atoms with van der Waals surface area (Å²) in [4.78, 5) is 33.2. The number of rotatable bonds is 5. The summed E-state index contributed by atoms with van der Waals surface area (Å²) in [5.74, 6) is -1.54. The molecular formula is C11H19N3O4. The number of hydrogen-bond acceptors (Lipinski definition) is 4. The Morgan fingerprint density at radius 3 is 2.39 bits per heavy atom. The fourth-order valence-corrected chi connectivity index (χ4v) is 1.59. The number of nitrogens with one attached hydrogen (secondary N) is 3. The molecule has 0 aliphatic carbocycles. The van der Waals surface area contributed by atoms with Crippen LogP contribution in [0.15, 0.2) is 0 Å². The lowest BCUT2D eigenvalue weighted by atomic mass is 10.2. The minimum Gasteiger partial charge on any atom is -0.376 e. The van der Waals surface area contributed by atoms with Crippen molar-refractivity contribution in [2.45, 2.75) is 25.9 Å². The summed E-state index contributed by atoms with van der Waals surface area (Å²) in [5.41, 5.74) is 0. The Kier molecular flexibility index (Phi) is 6.13. The van der Waals surface area contributed by atoms with E-state index in [2.05, 4.69) is 16.0 Å². The van der Waals surface area contributed by atoms with Crippen LogP contribution in [0.4, 0.5) is 0 Å². The van der Waals surface area contributed by atoms with Crippen LogP contribution < -0.4 is 16.0 Å². The van der Waals surface area contributed by atoms with Crippen LogP contribution in [0, 0.1) is 0 Å². The molecule has 18 heavy (non-hydrogen) atoms. The first-order valence-corrected chi connectivity index (χ1v) is 6.01. The normalized spacial score (nSPS) is 18.2. The van der Waals surface area contributed by atoms with E-state index in [9.17, 15) is 14.4 Å². The zero-order valence-electron chi connectivity index (χ0n) is 10.5. The van der Waals surface area contributed by atoms with Crippen molar-refractivity contribution in [3.63, 3.8) is 0 Å². The molecule has 3 N–H and O–H groups in total. The van der Waals surface area contributed by atoms with E-state index in [0.717, 1.165) is 12.8 Å². The van der Waals surface area contributed by atoms with Gasteiger partial charge in [0.15, 0.2) is 0 Å². The van der Waals surface area contributed by atoms with Gasteiger partial charge in [-0.25, -0.2) is 0 Å². The lowest BCUT2D eigenvalue weighted by molar-refractivity contribution is -0.139. The zero-order chi connectivity index (χ0) is 13.4. The molecule has 1 unspecified atom stereocenters. The molecule has 0 aromatic rings. The van der Waals surface area contributed by atoms with Crippen LogP contribution in [0.2, 0.25) is 0 Å². The van der Waals surface area contributed by atoms with E-state index in [-0.39, 0.29) is 18.6 Å². The molecule has 0 aromatic heterocycles. The van der Waals surface area contributed by atoms with Crippen molar-refractivity contribution in [2.75, 3.05) is 26.2 Å². The van der Waals surface area contributed by atoms with Crippen LogP contribution in [-0.2, 0) is 19.1 Å². The predicted octanol–water partition coefficient (Wildman–Crippen LogP) is -1.47. The Morgan fingerprint density at radius 1 is 1.11 bits per heavy atom. The molecule has 7 heteroatoms. The van der Waals surface area contributed by atoms with Gasteiger partial charge in [0.05, 0.1) is 6.10 Å². The highest BCUT2D eigenvalue weighted by atomic mass is 16.5. The monoisotopic (exact) mass is 257 g/mol. The molecule has 1 atom stereocenters. The van der Waals surface area contributed by atoms with Gasteiger partial charge < -0.3 is 20.7 Å². The van der Waals surface area contributed by atoms with Gasteiger partial charge in [0, 0.05) is 33.2 Å². The predicted molar refractivity (Wildman–Crippen MR) is 63.7 cm³/mol. The molecule has 1 saturated heterocycles. The van der Waals surface area contributed by atoms with Gasteiger partial charge in [-0.15, -0.1) is 0 Å². The maximum Gasteiger partial charge on any atom is 0.309 e. The van der Waals surface area contributed by atoms with Crippen molar-refractivity contribution in [1.29, 1.82) is 0 Å². The van der Waals surface area contributed by atoms with Crippen molar-refractivity contribution in [3.05, 3.63) is 0 Å². The summed E-state index contributed by atoms with van der Waals surface area (Å²) >= 11 is 0. The fraction of sp³-hybridized carbons (Fsp3) is 0.727. The molecule has 0 spiro atoms. The second kappa shape index (κ2) is 7.65. The Bertz CT molecular complexity index is 313. The Balaban J connectivity index is 2.08. The maximum atomic E-state index is 11.4. The van der Waals surface area contributed by atoms with Crippen LogP contribution >= 0.6 is 0 Å². The maximum absolute atomic E-state index is 11.4. The van der Waals surface area contributed by atoms with E-state index >= 15 is 0 Å². The smallest absolute Gasteiger partial charge is 0.309 e. The van der Waals surface area contributed by atoms with Crippen molar-refractivity contribution in [3.8, 4) is 0 Å². The molecule has 1 fully saturated rings. The minimum absolute atomic E-state index is 0.0149. The number of ether oxygens (including phenoxy) is 1. The number of carbonyl (C=O) groups is 3. The van der Waals surface area contributed by atoms with Gasteiger partial charge in [-0.2, -0.15) is 0 Å². The highest BCUT2D eigenvalue weighted by Crippen LogP contribution is 2.10. The van der Waals surface area contributed by atoms with Crippen LogP contribution in [0.25, 0.3) is 0 Å². The van der Waals surface area contributed by atoms with Gasteiger partial charge in [0.1, 0.15) is 0 Å². The summed E-state index contributed by atoms with van der Waals surface area (Å²) in [6, 6.07) is 0. The summed E-state index contributed by atoms with van der Waals surface area (Å²) < 4.78 is 5.31. The second-order valence-electron chi connectivity index (χ2n) is 4.08. The van der Waals surface area contributed by atoms with E-state index < -0.39 is 11.8 Å². The number of carbonyl (C=O) groups excluding carboxylic acids is 3. The first-order chi connectivity index (χ1) is 8.59. The average Bonchev–Trinajstić information content (AvgIpc) is 2.84. The number of amides is 3. The molecule has 102 valence electrons.